The normalized spacial score (nSPS) is 19.4. The molecule has 76 heavy (non-hydrogen) atoms. The summed E-state index contributed by atoms with van der Waals surface area (Å²) in [4.78, 5) is 174. The highest BCUT2D eigenvalue weighted by molar-refractivity contribution is 6.00. The summed E-state index contributed by atoms with van der Waals surface area (Å²) in [6.07, 6.45) is 2.68. The quantitative estimate of drug-likeness (QED) is 0.0576. The lowest BCUT2D eigenvalue weighted by atomic mass is 10.1. The van der Waals surface area contributed by atoms with E-state index in [9.17, 15) is 52.7 Å². The van der Waals surface area contributed by atoms with Crippen molar-refractivity contribution in [2.24, 2.45) is 11.5 Å². The zero-order chi connectivity index (χ0) is 54.3. The van der Waals surface area contributed by atoms with Gasteiger partial charge in [-0.1, -0.05) is 36.4 Å². The van der Waals surface area contributed by atoms with Gasteiger partial charge in [0.25, 0.3) is 17.7 Å². The van der Waals surface area contributed by atoms with Crippen LogP contribution in [0.15, 0.2) is 91.4 Å². The summed E-state index contributed by atoms with van der Waals surface area (Å²) in [6.45, 7) is -4.47. The van der Waals surface area contributed by atoms with Crippen LogP contribution in [0.1, 0.15) is 37.9 Å². The second-order valence-corrected chi connectivity index (χ2v) is 16.6. The van der Waals surface area contributed by atoms with Crippen molar-refractivity contribution in [1.29, 1.82) is 0 Å². The largest absolute Gasteiger partial charge is 0.368 e. The average Bonchev–Trinajstić information content (AvgIpc) is 3.43. The highest BCUT2D eigenvalue weighted by Crippen LogP contribution is 2.11. The van der Waals surface area contributed by atoms with Crippen molar-refractivity contribution in [2.45, 2.75) is 36.6 Å². The highest BCUT2D eigenvalue weighted by atomic mass is 16.2. The van der Waals surface area contributed by atoms with E-state index in [1.54, 1.807) is 72.8 Å². The number of carbonyl (C=O) groups excluding carboxylic acids is 11. The second kappa shape index (κ2) is 25.0. The van der Waals surface area contributed by atoms with E-state index >= 15 is 0 Å². The van der Waals surface area contributed by atoms with Crippen molar-refractivity contribution in [3.8, 4) is 0 Å². The predicted molar refractivity (Wildman–Crippen MR) is 264 cm³/mol. The molecule has 4 unspecified atom stereocenters. The number of nitrogens with two attached hydrogens (primary N) is 2. The van der Waals surface area contributed by atoms with Crippen molar-refractivity contribution >= 4 is 98.1 Å². The molecule has 3 aromatic heterocycles. The maximum Gasteiger partial charge on any atom is 0.271 e. The van der Waals surface area contributed by atoms with Gasteiger partial charge in [0.2, 0.25) is 47.3 Å². The van der Waals surface area contributed by atoms with Crippen LogP contribution >= 0.6 is 0 Å². The van der Waals surface area contributed by atoms with Gasteiger partial charge >= 0.3 is 0 Å². The van der Waals surface area contributed by atoms with Crippen LogP contribution in [0.25, 0.3) is 33.1 Å². The number of hydrogen-bond acceptors (Lipinski definition) is 18. The van der Waals surface area contributed by atoms with Crippen molar-refractivity contribution in [2.75, 3.05) is 39.3 Å². The van der Waals surface area contributed by atoms with Crippen molar-refractivity contribution in [3.63, 3.8) is 0 Å². The predicted octanol–water partition coefficient (Wildman–Crippen LogP) is -5.39. The molecule has 14 N–H and O–H groups in total. The molecular formula is C47H48N18O11. The van der Waals surface area contributed by atoms with Gasteiger partial charge in [-0.25, -0.2) is 15.0 Å². The zero-order valence-electron chi connectivity index (χ0n) is 39.8. The van der Waals surface area contributed by atoms with E-state index in [1.807, 2.05) is 0 Å². The minimum atomic E-state index is -1.87. The molecule has 0 aliphatic carbocycles. The van der Waals surface area contributed by atoms with Crippen molar-refractivity contribution in [1.82, 2.24) is 83.1 Å². The molecule has 5 atom stereocenters. The first-order chi connectivity index (χ1) is 36.5. The molecule has 0 bridgehead atoms. The maximum absolute atomic E-state index is 14.5. The van der Waals surface area contributed by atoms with E-state index in [0.717, 1.165) is 6.20 Å². The molecular weight excluding hydrogens is 993 g/mol. The molecule has 29 nitrogen and oxygen atoms in total. The second-order valence-electron chi connectivity index (χ2n) is 16.6. The summed E-state index contributed by atoms with van der Waals surface area (Å²) in [6, 6.07) is 11.2. The summed E-state index contributed by atoms with van der Waals surface area (Å²) in [5.74, 6) is -11.4. The number of aromatic nitrogens is 6. The Hall–Kier alpha value is -10.2. The highest BCUT2D eigenvalue weighted by Gasteiger charge is 2.33. The van der Waals surface area contributed by atoms with E-state index in [1.165, 1.54) is 12.4 Å². The molecule has 3 aromatic carbocycles. The number of rotatable bonds is 11. The first-order valence-corrected chi connectivity index (χ1v) is 23.1. The van der Waals surface area contributed by atoms with Gasteiger partial charge in [-0.05, 0) is 36.4 Å². The van der Waals surface area contributed by atoms with Crippen LogP contribution in [-0.4, -0.2) is 164 Å². The summed E-state index contributed by atoms with van der Waals surface area (Å²) in [5.41, 5.74) is 13.0. The standard InChI is InChI=1S/C47H48N18O11/c48-14-30-41(70)56-22-39(68)63-35(19-54-43(72)32-16-51-24-8-2-5-11-27(24)59-32)46(75)65-36(20-55-44(73)33-17-52-25-9-3-6-12-28(25)60-33)47(76)64-34(18-53-42(71)31-15-50-23-7-1-4-10-26(23)58-31)45(74)57-21-38(67)61-29(40(49)69)13-37(66)62-30/h1-12,15-17,29-30,34-36H,13-14,18-22,48H2,(H2,49,69)(H,53,71)(H,54,72)(H,55,73)(H,56,70)(H,57,74)(H,61,67)(H,62,66)(H,63,68)(H,64,76)(H,65,75)/t29-,30?,34?,35?,36?/m0/s1. The number of nitrogens with zero attached hydrogens (tertiary/aromatic N) is 6. The summed E-state index contributed by atoms with van der Waals surface area (Å²) in [5, 5.41) is 23.5. The molecule has 1 aliphatic heterocycles. The molecule has 1 aliphatic rings. The lowest BCUT2D eigenvalue weighted by Gasteiger charge is -2.26. The number of fused-ring (bicyclic) bond motifs is 3. The fourth-order valence-corrected chi connectivity index (χ4v) is 7.19. The maximum atomic E-state index is 14.5. The Morgan fingerprint density at radius 1 is 0.461 bits per heavy atom. The summed E-state index contributed by atoms with van der Waals surface area (Å²) >= 11 is 0. The number of carbonyl (C=O) groups is 11. The van der Waals surface area contributed by atoms with E-state index in [2.05, 4.69) is 83.1 Å². The molecule has 0 radical (unpaired) electrons. The number of para-hydroxylation sites is 6. The molecule has 0 saturated carbocycles. The van der Waals surface area contributed by atoms with Gasteiger partial charge in [-0.2, -0.15) is 0 Å². The number of amides is 11. The minimum Gasteiger partial charge on any atom is -0.368 e. The molecule has 7 rings (SSSR count). The third-order valence-electron chi connectivity index (χ3n) is 11.2. The Balaban J connectivity index is 1.20. The summed E-state index contributed by atoms with van der Waals surface area (Å²) in [7, 11) is 0. The average molecular weight is 1040 g/mol. The van der Waals surface area contributed by atoms with Crippen LogP contribution in [0.5, 0.6) is 0 Å². The van der Waals surface area contributed by atoms with Crippen LogP contribution in [0.2, 0.25) is 0 Å². The van der Waals surface area contributed by atoms with Gasteiger partial charge in [0, 0.05) is 26.2 Å². The molecule has 392 valence electrons. The third-order valence-corrected chi connectivity index (χ3v) is 11.2. The topological polar surface area (TPSA) is 437 Å². The molecule has 11 amide bonds. The first-order valence-electron chi connectivity index (χ1n) is 23.1. The van der Waals surface area contributed by atoms with E-state index in [-0.39, 0.29) is 17.1 Å². The van der Waals surface area contributed by atoms with Gasteiger partial charge in [0.15, 0.2) is 0 Å². The Kier molecular flexibility index (Phi) is 17.6. The van der Waals surface area contributed by atoms with E-state index < -0.39 is 141 Å². The Bertz CT molecular complexity index is 3270. The van der Waals surface area contributed by atoms with Crippen LogP contribution in [0.4, 0.5) is 0 Å². The molecule has 29 heteroatoms. The molecule has 6 aromatic rings. The Labute approximate surface area is 428 Å². The van der Waals surface area contributed by atoms with Gasteiger partial charge in [0.1, 0.15) is 47.3 Å². The van der Waals surface area contributed by atoms with Crippen molar-refractivity contribution < 1.29 is 52.7 Å². The van der Waals surface area contributed by atoms with Gasteiger partial charge in [-0.3, -0.25) is 67.7 Å². The smallest absolute Gasteiger partial charge is 0.271 e. The number of hydrogen-bond donors (Lipinski definition) is 12. The van der Waals surface area contributed by atoms with Gasteiger partial charge in [-0.15, -0.1) is 0 Å². The molecule has 1 fully saturated rings. The third kappa shape index (κ3) is 14.3. The minimum absolute atomic E-state index is 0.188. The first kappa shape index (κ1) is 53.6. The number of benzene rings is 3. The van der Waals surface area contributed by atoms with Crippen LogP contribution in [0, 0.1) is 0 Å². The van der Waals surface area contributed by atoms with E-state index in [4.69, 9.17) is 11.5 Å². The Morgan fingerprint density at radius 2 is 0.803 bits per heavy atom. The SMILES string of the molecule is NCC1NC(=O)C[C@@H](C(N)=O)NC(=O)CNC(=O)C(CNC(=O)c2cnc3ccccc3n2)NC(=O)C(CNC(=O)c2cnc3ccccc3n2)NC(=O)C(CNC(=O)c2cnc3ccccc3n2)NC(=O)CNC1=O. The molecule has 4 heterocycles. The van der Waals surface area contributed by atoms with Crippen molar-refractivity contribution in [3.05, 3.63) is 108 Å². The van der Waals surface area contributed by atoms with Gasteiger partial charge in [0.05, 0.1) is 71.2 Å². The number of nitrogens with one attached hydrogen (secondary N) is 10. The van der Waals surface area contributed by atoms with E-state index in [0.29, 0.717) is 33.1 Å². The van der Waals surface area contributed by atoms with Gasteiger partial charge < -0.3 is 64.6 Å². The fourth-order valence-electron chi connectivity index (χ4n) is 7.19. The van der Waals surface area contributed by atoms with Crippen LogP contribution < -0.4 is 64.6 Å². The fraction of sp³-hybridized carbons (Fsp3) is 0.255. The van der Waals surface area contributed by atoms with Crippen LogP contribution in [0.3, 0.4) is 0 Å². The zero-order valence-corrected chi connectivity index (χ0v) is 39.8. The van der Waals surface area contributed by atoms with Crippen LogP contribution in [-0.2, 0) is 38.4 Å². The lowest BCUT2D eigenvalue weighted by molar-refractivity contribution is -0.134. The molecule has 1 saturated heterocycles. The monoisotopic (exact) mass is 1040 g/mol. The summed E-state index contributed by atoms with van der Waals surface area (Å²) < 4.78 is 0. The number of primary amides is 1. The molecule has 0 spiro atoms. The lowest BCUT2D eigenvalue weighted by Crippen LogP contribution is -2.63. The Morgan fingerprint density at radius 3 is 1.20 bits per heavy atom.